The molecule has 0 spiro atoms. The van der Waals surface area contributed by atoms with E-state index in [9.17, 15) is 9.59 Å². The Hall–Kier alpha value is -9.48. The predicted octanol–water partition coefficient (Wildman–Crippen LogP) is 25.6. The van der Waals surface area contributed by atoms with Gasteiger partial charge in [-0.3, -0.25) is 9.59 Å². The van der Waals surface area contributed by atoms with Crippen LogP contribution in [0.4, 0.5) is 11.4 Å². The molecule has 0 radical (unpaired) electrons. The minimum Gasteiger partial charge on any atom is -0.497 e. The highest BCUT2D eigenvalue weighted by atomic mass is 16.7. The van der Waals surface area contributed by atoms with Gasteiger partial charge in [0.2, 0.25) is 17.4 Å². The molecule has 0 saturated heterocycles. The van der Waals surface area contributed by atoms with E-state index in [-0.39, 0.29) is 53.7 Å². The molecule has 0 aliphatic carbocycles. The minimum absolute atomic E-state index is 0. The van der Waals surface area contributed by atoms with Gasteiger partial charge in [-0.1, -0.05) is 258 Å². The maximum absolute atomic E-state index is 13.1. The molecule has 0 aromatic heterocycles. The highest BCUT2D eigenvalue weighted by Crippen LogP contribution is 2.48. The van der Waals surface area contributed by atoms with E-state index >= 15 is 0 Å². The number of rotatable bonds is 14. The van der Waals surface area contributed by atoms with Gasteiger partial charge in [0, 0.05) is 76.1 Å². The minimum atomic E-state index is -0.577. The number of benzene rings is 9. The van der Waals surface area contributed by atoms with Crippen LogP contribution in [-0.4, -0.2) is 49.4 Å². The number of carbonyl (C=O) groups is 2. The topological polar surface area (TPSA) is 105 Å². The van der Waals surface area contributed by atoms with Crippen molar-refractivity contribution >= 4 is 23.2 Å². The number of hydrogen-bond acceptors (Lipinski definition) is 9. The summed E-state index contributed by atoms with van der Waals surface area (Å²) < 4.78 is 41.7. The van der Waals surface area contributed by atoms with Gasteiger partial charge in [-0.2, -0.15) is 0 Å². The molecule has 11 heteroatoms. The lowest BCUT2D eigenvalue weighted by Gasteiger charge is -2.30. The number of ether oxygens (including phenoxy) is 7. The largest absolute Gasteiger partial charge is 0.497 e. The Labute approximate surface area is 674 Å². The van der Waals surface area contributed by atoms with Crippen LogP contribution >= 0.6 is 0 Å². The fourth-order valence-corrected chi connectivity index (χ4v) is 14.9. The van der Waals surface area contributed by atoms with Crippen molar-refractivity contribution in [1.29, 1.82) is 0 Å². The van der Waals surface area contributed by atoms with E-state index in [1.165, 1.54) is 50.1 Å². The zero-order valence-electron chi connectivity index (χ0n) is 69.8. The number of aryl methyl sites for hydroxylation is 4. The molecule has 5 heterocycles. The monoisotopic (exact) mass is 1520 g/mol. The average Bonchev–Trinajstić information content (AvgIpc) is 1.13. The van der Waals surface area contributed by atoms with Crippen LogP contribution in [0.5, 0.6) is 40.2 Å². The highest BCUT2D eigenvalue weighted by molar-refractivity contribution is 6.07. The maximum Gasteiger partial charge on any atom is 0.258 e. The fraction of sp³-hybridized carbons (Fsp3) is 0.446. The van der Waals surface area contributed by atoms with Crippen LogP contribution in [0.1, 0.15) is 243 Å². The summed E-state index contributed by atoms with van der Waals surface area (Å²) in [5.41, 5.74) is 16.0. The summed E-state index contributed by atoms with van der Waals surface area (Å²) in [5.74, 6) is 4.76. The number of anilines is 2. The lowest BCUT2D eigenvalue weighted by molar-refractivity contribution is -0.0685. The van der Waals surface area contributed by atoms with Crippen LogP contribution in [-0.2, 0) is 57.8 Å². The average molecular weight is 1520 g/mol. The van der Waals surface area contributed by atoms with E-state index in [1.807, 2.05) is 128 Å². The molecule has 2 amide bonds. The van der Waals surface area contributed by atoms with E-state index in [2.05, 4.69) is 219 Å². The molecule has 9 aromatic rings. The van der Waals surface area contributed by atoms with Crippen molar-refractivity contribution in [2.75, 3.05) is 30.0 Å². The molecule has 14 rings (SSSR count). The summed E-state index contributed by atoms with van der Waals surface area (Å²) in [7, 11) is 1.67. The molecule has 0 saturated carbocycles. The Balaban J connectivity index is 0.000000176. The summed E-state index contributed by atoms with van der Waals surface area (Å²) in [4.78, 5) is 30.0. The molecule has 9 aromatic carbocycles. The summed E-state index contributed by atoms with van der Waals surface area (Å²) >= 11 is 0. The Morgan fingerprint density at radius 1 is 0.366 bits per heavy atom. The molecule has 0 bridgehead atoms. The van der Waals surface area contributed by atoms with Gasteiger partial charge in [0.05, 0.1) is 7.11 Å². The third kappa shape index (κ3) is 25.5. The molecule has 11 nitrogen and oxygen atoms in total. The smallest absolute Gasteiger partial charge is 0.258 e. The Morgan fingerprint density at radius 3 is 1.13 bits per heavy atom. The van der Waals surface area contributed by atoms with Gasteiger partial charge >= 0.3 is 0 Å². The molecule has 5 aliphatic rings. The van der Waals surface area contributed by atoms with E-state index in [1.54, 1.807) is 7.11 Å². The Bertz CT molecular complexity index is 4440. The molecule has 0 N–H and O–H groups in total. The first-order valence-electron chi connectivity index (χ1n) is 39.9. The van der Waals surface area contributed by atoms with Crippen molar-refractivity contribution in [1.82, 2.24) is 0 Å². The van der Waals surface area contributed by atoms with Crippen LogP contribution in [0.2, 0.25) is 0 Å². The van der Waals surface area contributed by atoms with Gasteiger partial charge in [-0.25, -0.2) is 0 Å². The zero-order chi connectivity index (χ0) is 79.5. The van der Waals surface area contributed by atoms with E-state index in [0.717, 1.165) is 159 Å². The molecular weight excluding hydrogens is 1390 g/mol. The van der Waals surface area contributed by atoms with Gasteiger partial charge < -0.3 is 43.0 Å². The van der Waals surface area contributed by atoms with E-state index in [4.69, 9.17) is 33.2 Å². The zero-order valence-corrected chi connectivity index (χ0v) is 69.8. The molecule has 2 atom stereocenters. The first kappa shape index (κ1) is 88.1. The standard InChI is InChI=1S/C22H27NO2.C21H25NO.2C21H26O2.C14H20O2.2CH4/c1-22(2,3)15-16-7-5-8-18(13-16)21(24)23-12-6-9-17-14-19(25-4)10-11-20(17)23;1-21(2,3)15-16-8-6-10-18(14-16)20(23)22-13-7-11-17-9-4-5-12-19(17)22;2*1-20(2,3)15-17-11-8-12-18-19(17)23-21(4,22-18)14-13-16-9-6-5-7-10-16;1-13(2,3)9-10-7-6-8-11-12(10)16-14(4,5)15-11;;/h5,7-8,10-11,13-14H,6,9,12,15H2,1-4H3;4-6,8-10,12,14H,7,11,13,15H2,1-3H3;2*5-12H,13-15H2,1-4H3;6-8H,9H2,1-5H3;2*1H4. The van der Waals surface area contributed by atoms with Crippen LogP contribution < -0.4 is 43.0 Å². The van der Waals surface area contributed by atoms with Gasteiger partial charge in [0.15, 0.2) is 34.5 Å². The van der Waals surface area contributed by atoms with E-state index in [0.29, 0.717) is 0 Å². The number of carbonyl (C=O) groups excluding carboxylic acids is 2. The number of fused-ring (bicyclic) bond motifs is 5. The molecule has 2 unspecified atom stereocenters. The summed E-state index contributed by atoms with van der Waals surface area (Å²) in [6.45, 7) is 43.0. The normalized spacial score (nSPS) is 16.8. The van der Waals surface area contributed by atoms with Crippen molar-refractivity contribution in [3.8, 4) is 40.2 Å². The summed E-state index contributed by atoms with van der Waals surface area (Å²) in [6, 6.07) is 70.0. The SMILES string of the molecule is C.C.CC(C)(C)Cc1cccc(C(=O)N2CCCc3ccccc32)c1.CC(C)(C)Cc1cccc2c1OC(C)(C)O2.CC(C)(C)Cc1cccc2c1OC(C)(CCc1ccccc1)O2.CC(C)(C)Cc1cccc2c1OC(C)(CCc1ccccc1)O2.COc1ccc2c(c1)CCCN2C(=O)c1cccc(CC(C)(C)C)c1. The van der Waals surface area contributed by atoms with Gasteiger partial charge in [0.1, 0.15) is 5.75 Å². The predicted molar refractivity (Wildman–Crippen MR) is 465 cm³/mol. The van der Waals surface area contributed by atoms with Crippen molar-refractivity contribution in [2.45, 2.75) is 247 Å². The number of para-hydroxylation sites is 4. The lowest BCUT2D eigenvalue weighted by Crippen LogP contribution is -2.35. The number of nitrogens with zero attached hydrogens (tertiary/aromatic N) is 2. The number of methoxy groups -OCH3 is 1. The third-order valence-corrected chi connectivity index (χ3v) is 19.6. The molecule has 0 fully saturated rings. The van der Waals surface area contributed by atoms with Gasteiger partial charge in [-0.15, -0.1) is 0 Å². The third-order valence-electron chi connectivity index (χ3n) is 19.6. The Kier molecular flexibility index (Phi) is 29.1. The second-order valence-corrected chi connectivity index (χ2v) is 37.3. The van der Waals surface area contributed by atoms with Crippen molar-refractivity contribution in [3.63, 3.8) is 0 Å². The quantitative estimate of drug-likeness (QED) is 0.105. The van der Waals surface area contributed by atoms with Crippen LogP contribution in [0.3, 0.4) is 0 Å². The molecule has 112 heavy (non-hydrogen) atoms. The molecule has 5 aliphatic heterocycles. The van der Waals surface area contributed by atoms with Crippen molar-refractivity contribution in [2.24, 2.45) is 27.1 Å². The van der Waals surface area contributed by atoms with Crippen LogP contribution in [0.15, 0.2) is 206 Å². The highest BCUT2D eigenvalue weighted by Gasteiger charge is 2.41. The first-order chi connectivity index (χ1) is 51.8. The summed E-state index contributed by atoms with van der Waals surface area (Å²) in [5, 5.41) is 0. The summed E-state index contributed by atoms with van der Waals surface area (Å²) in [6.07, 6.45) is 12.5. The fourth-order valence-electron chi connectivity index (χ4n) is 14.9. The number of amides is 2. The van der Waals surface area contributed by atoms with Crippen molar-refractivity contribution in [3.05, 3.63) is 267 Å². The van der Waals surface area contributed by atoms with Crippen LogP contribution in [0.25, 0.3) is 0 Å². The Morgan fingerprint density at radius 2 is 0.723 bits per heavy atom. The number of hydrogen-bond donors (Lipinski definition) is 0. The first-order valence-corrected chi connectivity index (χ1v) is 39.9. The second-order valence-electron chi connectivity index (χ2n) is 37.3. The van der Waals surface area contributed by atoms with Crippen LogP contribution in [0, 0.1) is 27.1 Å². The van der Waals surface area contributed by atoms with Gasteiger partial charge in [0.25, 0.3) is 11.8 Å². The maximum atomic E-state index is 13.1. The second kappa shape index (κ2) is 37.0. The van der Waals surface area contributed by atoms with E-state index < -0.39 is 17.4 Å². The molecular formula is C101H132N2O9. The van der Waals surface area contributed by atoms with Gasteiger partial charge in [-0.05, 0) is 215 Å². The molecule has 600 valence electrons. The lowest BCUT2D eigenvalue weighted by atomic mass is 9.87. The van der Waals surface area contributed by atoms with Crippen molar-refractivity contribution < 1.29 is 42.7 Å².